The van der Waals surface area contributed by atoms with E-state index in [1.165, 1.54) is 6.33 Å². The van der Waals surface area contributed by atoms with E-state index >= 15 is 0 Å². The van der Waals surface area contributed by atoms with Crippen molar-refractivity contribution in [1.29, 1.82) is 5.26 Å². The number of nitriles is 1. The second kappa shape index (κ2) is 5.52. The van der Waals surface area contributed by atoms with Crippen LogP contribution in [0.15, 0.2) is 41.7 Å². The maximum Gasteiger partial charge on any atom is 0.137 e. The first kappa shape index (κ1) is 12.4. The number of benzene rings is 1. The summed E-state index contributed by atoms with van der Waals surface area (Å²) in [4.78, 5) is 10.3. The standard InChI is InChI=1S/C13H12N4S/c1-17(11-6-4-3-5-10(11)8-14)12-7-13(18-2)16-9-15-12/h3-7,9H,1-2H3. The third-order valence-corrected chi connectivity index (χ3v) is 3.21. The van der Waals surface area contributed by atoms with E-state index in [1.54, 1.807) is 17.8 Å². The van der Waals surface area contributed by atoms with E-state index in [1.807, 2.05) is 42.5 Å². The summed E-state index contributed by atoms with van der Waals surface area (Å²) < 4.78 is 0. The third kappa shape index (κ3) is 2.44. The van der Waals surface area contributed by atoms with Crippen molar-refractivity contribution < 1.29 is 0 Å². The molecule has 4 nitrogen and oxygen atoms in total. The van der Waals surface area contributed by atoms with Gasteiger partial charge in [-0.1, -0.05) is 12.1 Å². The van der Waals surface area contributed by atoms with Crippen LogP contribution in [0.3, 0.4) is 0 Å². The Labute approximate surface area is 110 Å². The molecule has 0 fully saturated rings. The predicted octanol–water partition coefficient (Wildman–Crippen LogP) is 2.84. The molecule has 0 aliphatic rings. The minimum Gasteiger partial charge on any atom is -0.328 e. The zero-order valence-corrected chi connectivity index (χ0v) is 11.0. The largest absolute Gasteiger partial charge is 0.328 e. The van der Waals surface area contributed by atoms with E-state index in [-0.39, 0.29) is 0 Å². The molecule has 5 heteroatoms. The summed E-state index contributed by atoms with van der Waals surface area (Å²) in [5, 5.41) is 10.0. The van der Waals surface area contributed by atoms with Gasteiger partial charge in [-0.25, -0.2) is 9.97 Å². The molecule has 0 N–H and O–H groups in total. The van der Waals surface area contributed by atoms with Crippen LogP contribution < -0.4 is 4.90 Å². The molecule has 2 rings (SSSR count). The average molecular weight is 256 g/mol. The van der Waals surface area contributed by atoms with E-state index < -0.39 is 0 Å². The summed E-state index contributed by atoms with van der Waals surface area (Å²) in [7, 11) is 1.89. The second-order valence-corrected chi connectivity index (χ2v) is 4.43. The summed E-state index contributed by atoms with van der Waals surface area (Å²) in [6.07, 6.45) is 3.50. The zero-order valence-electron chi connectivity index (χ0n) is 10.2. The fraction of sp³-hybridized carbons (Fsp3) is 0.154. The van der Waals surface area contributed by atoms with Crippen LogP contribution in [-0.2, 0) is 0 Å². The van der Waals surface area contributed by atoms with Gasteiger partial charge in [0.1, 0.15) is 23.2 Å². The van der Waals surface area contributed by atoms with Crippen LogP contribution in [0.1, 0.15) is 5.56 Å². The van der Waals surface area contributed by atoms with Crippen molar-refractivity contribution >= 4 is 23.3 Å². The first-order valence-electron chi connectivity index (χ1n) is 5.35. The molecule has 0 saturated heterocycles. The fourth-order valence-electron chi connectivity index (χ4n) is 1.61. The van der Waals surface area contributed by atoms with Crippen LogP contribution in [0, 0.1) is 11.3 Å². The van der Waals surface area contributed by atoms with E-state index in [0.29, 0.717) is 5.56 Å². The predicted molar refractivity (Wildman–Crippen MR) is 73.0 cm³/mol. The highest BCUT2D eigenvalue weighted by Gasteiger charge is 2.10. The molecular weight excluding hydrogens is 244 g/mol. The molecule has 0 spiro atoms. The van der Waals surface area contributed by atoms with Crippen LogP contribution in [0.2, 0.25) is 0 Å². The second-order valence-electron chi connectivity index (χ2n) is 3.61. The Morgan fingerprint density at radius 2 is 2.06 bits per heavy atom. The van der Waals surface area contributed by atoms with Gasteiger partial charge in [0.05, 0.1) is 11.3 Å². The molecule has 0 radical (unpaired) electrons. The highest BCUT2D eigenvalue weighted by atomic mass is 32.2. The van der Waals surface area contributed by atoms with Gasteiger partial charge in [-0.2, -0.15) is 5.26 Å². The third-order valence-electron chi connectivity index (χ3n) is 2.57. The molecule has 0 unspecified atom stereocenters. The van der Waals surface area contributed by atoms with Crippen LogP contribution in [0.5, 0.6) is 0 Å². The van der Waals surface area contributed by atoms with Gasteiger partial charge in [-0.05, 0) is 18.4 Å². The quantitative estimate of drug-likeness (QED) is 0.624. The van der Waals surface area contributed by atoms with Gasteiger partial charge in [0.25, 0.3) is 0 Å². The van der Waals surface area contributed by atoms with Crippen LogP contribution >= 0.6 is 11.8 Å². The number of thioether (sulfide) groups is 1. The number of hydrogen-bond acceptors (Lipinski definition) is 5. The number of nitrogens with zero attached hydrogens (tertiary/aromatic N) is 4. The van der Waals surface area contributed by atoms with Gasteiger partial charge in [0.2, 0.25) is 0 Å². The Morgan fingerprint density at radius 3 is 2.78 bits per heavy atom. The summed E-state index contributed by atoms with van der Waals surface area (Å²) in [5.74, 6) is 0.775. The van der Waals surface area contributed by atoms with Gasteiger partial charge in [0, 0.05) is 13.1 Å². The Kier molecular flexibility index (Phi) is 3.80. The molecule has 0 amide bonds. The van der Waals surface area contributed by atoms with E-state index in [9.17, 15) is 0 Å². The van der Waals surface area contributed by atoms with Gasteiger partial charge < -0.3 is 4.90 Å². The lowest BCUT2D eigenvalue weighted by Gasteiger charge is -2.19. The number of hydrogen-bond donors (Lipinski definition) is 0. The highest BCUT2D eigenvalue weighted by molar-refractivity contribution is 7.98. The van der Waals surface area contributed by atoms with Crippen molar-refractivity contribution in [2.75, 3.05) is 18.2 Å². The van der Waals surface area contributed by atoms with Gasteiger partial charge >= 0.3 is 0 Å². The first-order valence-corrected chi connectivity index (χ1v) is 6.57. The Bertz CT molecular complexity index is 592. The molecule has 90 valence electrons. The molecular formula is C13H12N4S. The summed E-state index contributed by atoms with van der Waals surface area (Å²) in [6.45, 7) is 0. The molecule has 18 heavy (non-hydrogen) atoms. The van der Waals surface area contributed by atoms with E-state index in [0.717, 1.165) is 16.5 Å². The Morgan fingerprint density at radius 1 is 1.28 bits per heavy atom. The van der Waals surface area contributed by atoms with Crippen LogP contribution in [-0.4, -0.2) is 23.3 Å². The number of aromatic nitrogens is 2. The first-order chi connectivity index (χ1) is 8.76. The topological polar surface area (TPSA) is 52.8 Å². The average Bonchev–Trinajstić information content (AvgIpc) is 2.46. The number of rotatable bonds is 3. The SMILES string of the molecule is CSc1cc(N(C)c2ccccc2C#N)ncn1. The van der Waals surface area contributed by atoms with Crippen molar-refractivity contribution in [3.8, 4) is 6.07 Å². The maximum absolute atomic E-state index is 9.10. The summed E-state index contributed by atoms with van der Waals surface area (Å²) in [6, 6.07) is 11.5. The molecule has 0 saturated carbocycles. The monoisotopic (exact) mass is 256 g/mol. The lowest BCUT2D eigenvalue weighted by Crippen LogP contribution is -2.12. The smallest absolute Gasteiger partial charge is 0.137 e. The zero-order chi connectivity index (χ0) is 13.0. The van der Waals surface area contributed by atoms with Crippen LogP contribution in [0.25, 0.3) is 0 Å². The van der Waals surface area contributed by atoms with Crippen molar-refractivity contribution in [2.24, 2.45) is 0 Å². The van der Waals surface area contributed by atoms with E-state index in [4.69, 9.17) is 5.26 Å². The van der Waals surface area contributed by atoms with Gasteiger partial charge in [-0.15, -0.1) is 11.8 Å². The van der Waals surface area contributed by atoms with Gasteiger partial charge in [0.15, 0.2) is 0 Å². The Balaban J connectivity index is 2.41. The fourth-order valence-corrected chi connectivity index (χ4v) is 1.98. The highest BCUT2D eigenvalue weighted by Crippen LogP contribution is 2.26. The van der Waals surface area contributed by atoms with Crippen molar-refractivity contribution in [3.63, 3.8) is 0 Å². The van der Waals surface area contributed by atoms with E-state index in [2.05, 4.69) is 16.0 Å². The molecule has 2 aromatic rings. The molecule has 1 aromatic carbocycles. The Hall–Kier alpha value is -2.06. The molecule has 0 bridgehead atoms. The van der Waals surface area contributed by atoms with Gasteiger partial charge in [-0.3, -0.25) is 0 Å². The normalized spacial score (nSPS) is 9.83. The molecule has 0 aliphatic heterocycles. The molecule has 0 atom stereocenters. The minimum atomic E-state index is 0.629. The number of para-hydroxylation sites is 1. The van der Waals surface area contributed by atoms with Crippen molar-refractivity contribution in [2.45, 2.75) is 5.03 Å². The molecule has 1 aromatic heterocycles. The van der Waals surface area contributed by atoms with Crippen LogP contribution in [0.4, 0.5) is 11.5 Å². The van der Waals surface area contributed by atoms with Crippen molar-refractivity contribution in [3.05, 3.63) is 42.2 Å². The molecule has 1 heterocycles. The lowest BCUT2D eigenvalue weighted by atomic mass is 10.2. The molecule has 0 aliphatic carbocycles. The van der Waals surface area contributed by atoms with Crippen molar-refractivity contribution in [1.82, 2.24) is 9.97 Å². The summed E-state index contributed by atoms with van der Waals surface area (Å²) in [5.41, 5.74) is 1.47. The lowest BCUT2D eigenvalue weighted by molar-refractivity contribution is 1.01. The maximum atomic E-state index is 9.10. The summed E-state index contributed by atoms with van der Waals surface area (Å²) >= 11 is 1.56. The number of anilines is 2. The minimum absolute atomic E-state index is 0.629.